The monoisotopic (exact) mass is 427 g/mol. The second-order valence-corrected chi connectivity index (χ2v) is 10.6. The molecular weight excluding hydrogens is 398 g/mol. The first-order valence-electron chi connectivity index (χ1n) is 10.2. The van der Waals surface area contributed by atoms with E-state index < -0.39 is 10.0 Å². The van der Waals surface area contributed by atoms with E-state index in [1.807, 2.05) is 64.1 Å². The van der Waals surface area contributed by atoms with Crippen molar-refractivity contribution in [3.8, 4) is 0 Å². The van der Waals surface area contributed by atoms with Crippen LogP contribution < -0.4 is 10.2 Å². The van der Waals surface area contributed by atoms with Gasteiger partial charge in [0.1, 0.15) is 5.82 Å². The number of aryl methyl sites for hydroxylation is 1. The van der Waals surface area contributed by atoms with Gasteiger partial charge in [0.25, 0.3) is 10.0 Å². The number of rotatable bonds is 4. The number of hydrogen-bond donors (Lipinski definition) is 1. The van der Waals surface area contributed by atoms with Crippen molar-refractivity contribution in [2.45, 2.75) is 38.1 Å². The number of ether oxygens (including phenoxy) is 1. The van der Waals surface area contributed by atoms with E-state index in [-0.39, 0.29) is 10.4 Å². The summed E-state index contributed by atoms with van der Waals surface area (Å²) in [6.07, 6.45) is 0. The highest BCUT2D eigenvalue weighted by atomic mass is 32.2. The number of morpholine rings is 1. The highest BCUT2D eigenvalue weighted by molar-refractivity contribution is 7.90. The van der Waals surface area contributed by atoms with Gasteiger partial charge in [-0.15, -0.1) is 0 Å². The summed E-state index contributed by atoms with van der Waals surface area (Å²) in [7, 11) is -3.81. The Labute approximate surface area is 178 Å². The summed E-state index contributed by atoms with van der Waals surface area (Å²) >= 11 is 0. The number of hydrogen-bond acceptors (Lipinski definition) is 5. The molecule has 1 N–H and O–H groups in total. The van der Waals surface area contributed by atoms with E-state index in [2.05, 4.69) is 10.2 Å². The van der Waals surface area contributed by atoms with E-state index in [4.69, 9.17) is 4.74 Å². The maximum atomic E-state index is 13.8. The Bertz CT molecular complexity index is 1150. The Morgan fingerprint density at radius 2 is 1.60 bits per heavy atom. The third-order valence-electron chi connectivity index (χ3n) is 5.19. The minimum Gasteiger partial charge on any atom is -0.378 e. The zero-order chi connectivity index (χ0) is 21.5. The van der Waals surface area contributed by atoms with Crippen molar-refractivity contribution >= 4 is 32.4 Å². The quantitative estimate of drug-likeness (QED) is 0.675. The van der Waals surface area contributed by atoms with Crippen LogP contribution in [0.25, 0.3) is 10.9 Å². The third-order valence-corrected chi connectivity index (χ3v) is 6.91. The van der Waals surface area contributed by atoms with Crippen LogP contribution in [-0.4, -0.2) is 44.2 Å². The number of aromatic nitrogens is 1. The van der Waals surface area contributed by atoms with Crippen LogP contribution in [0.3, 0.4) is 0 Å². The Morgan fingerprint density at radius 1 is 0.967 bits per heavy atom. The van der Waals surface area contributed by atoms with Crippen molar-refractivity contribution in [1.29, 1.82) is 0 Å². The molecule has 1 aromatic heterocycles. The van der Waals surface area contributed by atoms with E-state index in [0.29, 0.717) is 24.5 Å². The van der Waals surface area contributed by atoms with Gasteiger partial charge in [-0.3, -0.25) is 0 Å². The molecule has 0 aliphatic carbocycles. The first-order valence-corrected chi connectivity index (χ1v) is 11.7. The first-order chi connectivity index (χ1) is 14.2. The predicted octanol–water partition coefficient (Wildman–Crippen LogP) is 4.23. The lowest BCUT2D eigenvalue weighted by Crippen LogP contribution is -2.37. The smallest absolute Gasteiger partial charge is 0.269 e. The fourth-order valence-electron chi connectivity index (χ4n) is 3.83. The summed E-state index contributed by atoms with van der Waals surface area (Å²) in [5.74, 6) is 0.603. The molecule has 7 heteroatoms. The van der Waals surface area contributed by atoms with Gasteiger partial charge >= 0.3 is 0 Å². The van der Waals surface area contributed by atoms with Crippen LogP contribution in [0.4, 0.5) is 11.5 Å². The molecule has 1 aliphatic rings. The van der Waals surface area contributed by atoms with Gasteiger partial charge < -0.3 is 15.0 Å². The van der Waals surface area contributed by atoms with Crippen LogP contribution in [0, 0.1) is 6.92 Å². The third kappa shape index (κ3) is 3.79. The second kappa shape index (κ2) is 7.63. The van der Waals surface area contributed by atoms with Gasteiger partial charge in [-0.2, -0.15) is 0 Å². The van der Waals surface area contributed by atoms with Gasteiger partial charge in [0.15, 0.2) is 0 Å². The Morgan fingerprint density at radius 3 is 2.23 bits per heavy atom. The van der Waals surface area contributed by atoms with Crippen molar-refractivity contribution in [3.63, 3.8) is 0 Å². The van der Waals surface area contributed by atoms with Crippen molar-refractivity contribution in [2.75, 3.05) is 36.5 Å². The lowest BCUT2D eigenvalue weighted by atomic mass is 10.1. The Kier molecular flexibility index (Phi) is 5.28. The summed E-state index contributed by atoms with van der Waals surface area (Å²) in [6, 6.07) is 14.7. The predicted molar refractivity (Wildman–Crippen MR) is 122 cm³/mol. The van der Waals surface area contributed by atoms with Crippen molar-refractivity contribution < 1.29 is 13.2 Å². The Balaban J connectivity index is 2.03. The lowest BCUT2D eigenvalue weighted by molar-refractivity contribution is 0.123. The summed E-state index contributed by atoms with van der Waals surface area (Å²) in [5.41, 5.74) is 2.29. The maximum Gasteiger partial charge on any atom is 0.269 e. The van der Waals surface area contributed by atoms with Gasteiger partial charge in [0, 0.05) is 24.0 Å². The van der Waals surface area contributed by atoms with E-state index in [0.717, 1.165) is 29.7 Å². The first kappa shape index (κ1) is 20.8. The zero-order valence-corrected chi connectivity index (χ0v) is 18.8. The van der Waals surface area contributed by atoms with Crippen LogP contribution in [0.1, 0.15) is 26.3 Å². The van der Waals surface area contributed by atoms with E-state index in [1.165, 1.54) is 3.97 Å². The molecule has 0 spiro atoms. The van der Waals surface area contributed by atoms with Crippen LogP contribution >= 0.6 is 0 Å². The number of nitrogens with zero attached hydrogens (tertiary/aromatic N) is 2. The topological polar surface area (TPSA) is 63.6 Å². The SMILES string of the molecule is Cc1ccc(S(=O)(=O)n2c(NC(C)(C)C)c(N3CCOCC3)c3ccccc32)cc1. The molecule has 1 fully saturated rings. The van der Waals surface area contributed by atoms with Crippen LogP contribution in [-0.2, 0) is 14.8 Å². The molecule has 0 amide bonds. The molecule has 2 heterocycles. The molecule has 160 valence electrons. The van der Waals surface area contributed by atoms with Gasteiger partial charge in [0.05, 0.1) is 29.3 Å². The van der Waals surface area contributed by atoms with Crippen molar-refractivity contribution in [1.82, 2.24) is 3.97 Å². The minimum absolute atomic E-state index is 0.277. The molecule has 0 unspecified atom stereocenters. The standard InChI is InChI=1S/C23H29N3O3S/c1-17-9-11-18(12-10-17)30(27,28)26-20-8-6-5-7-19(20)21(22(26)24-23(2,3)4)25-13-15-29-16-14-25/h5-12,24H,13-16H2,1-4H3. The molecule has 1 saturated heterocycles. The number of fused-ring (bicyclic) bond motifs is 1. The highest BCUT2D eigenvalue weighted by Crippen LogP contribution is 2.42. The summed E-state index contributed by atoms with van der Waals surface area (Å²) in [5, 5.41) is 4.41. The molecule has 1 aliphatic heterocycles. The molecule has 3 aromatic rings. The number of benzene rings is 2. The lowest BCUT2D eigenvalue weighted by Gasteiger charge is -2.32. The second-order valence-electron chi connectivity index (χ2n) is 8.77. The minimum atomic E-state index is -3.81. The molecule has 0 radical (unpaired) electrons. The highest BCUT2D eigenvalue weighted by Gasteiger charge is 2.31. The molecular formula is C23H29N3O3S. The van der Waals surface area contributed by atoms with Crippen molar-refractivity contribution in [3.05, 3.63) is 54.1 Å². The van der Waals surface area contributed by atoms with Crippen LogP contribution in [0.5, 0.6) is 0 Å². The molecule has 0 atom stereocenters. The fraction of sp³-hybridized carbons (Fsp3) is 0.391. The average Bonchev–Trinajstić information content (AvgIpc) is 3.01. The molecule has 0 bridgehead atoms. The van der Waals surface area contributed by atoms with Crippen molar-refractivity contribution in [2.24, 2.45) is 0 Å². The average molecular weight is 428 g/mol. The van der Waals surface area contributed by atoms with E-state index in [9.17, 15) is 8.42 Å². The largest absolute Gasteiger partial charge is 0.378 e. The van der Waals surface area contributed by atoms with Gasteiger partial charge in [-0.05, 0) is 45.9 Å². The molecule has 30 heavy (non-hydrogen) atoms. The number of para-hydroxylation sites is 1. The van der Waals surface area contributed by atoms with Crippen LogP contribution in [0.15, 0.2) is 53.4 Å². The number of nitrogens with one attached hydrogen (secondary N) is 1. The molecule has 0 saturated carbocycles. The molecule has 2 aromatic carbocycles. The van der Waals surface area contributed by atoms with Crippen LogP contribution in [0.2, 0.25) is 0 Å². The molecule has 6 nitrogen and oxygen atoms in total. The van der Waals surface area contributed by atoms with Gasteiger partial charge in [-0.25, -0.2) is 12.4 Å². The zero-order valence-electron chi connectivity index (χ0n) is 18.0. The maximum absolute atomic E-state index is 13.8. The summed E-state index contributed by atoms with van der Waals surface area (Å²) < 4.78 is 34.7. The van der Waals surface area contributed by atoms with Gasteiger partial charge in [-0.1, -0.05) is 35.9 Å². The van der Waals surface area contributed by atoms with E-state index >= 15 is 0 Å². The number of anilines is 2. The van der Waals surface area contributed by atoms with Gasteiger partial charge in [0.2, 0.25) is 0 Å². The fourth-order valence-corrected chi connectivity index (χ4v) is 5.31. The van der Waals surface area contributed by atoms with E-state index in [1.54, 1.807) is 12.1 Å². The summed E-state index contributed by atoms with van der Waals surface area (Å²) in [4.78, 5) is 2.50. The normalized spacial score (nSPS) is 15.5. The summed E-state index contributed by atoms with van der Waals surface area (Å²) in [6.45, 7) is 10.8. The Hall–Kier alpha value is -2.51. The molecule has 4 rings (SSSR count).